The molecule has 3 amide bonds. The second kappa shape index (κ2) is 9.18. The maximum absolute atomic E-state index is 13.3. The van der Waals surface area contributed by atoms with Crippen molar-refractivity contribution < 1.29 is 23.9 Å². The van der Waals surface area contributed by atoms with E-state index in [4.69, 9.17) is 4.74 Å². The number of carbonyl (C=O) groups excluding carboxylic acids is 4. The summed E-state index contributed by atoms with van der Waals surface area (Å²) in [6.45, 7) is -0.518. The van der Waals surface area contributed by atoms with E-state index in [2.05, 4.69) is 21.2 Å². The molecular formula is C26H23BrN2O5. The van der Waals surface area contributed by atoms with Gasteiger partial charge in [0.25, 0.3) is 5.91 Å². The predicted octanol–water partition coefficient (Wildman–Crippen LogP) is 3.35. The normalized spacial score (nSPS) is 25.4. The molecule has 0 spiro atoms. The molecule has 3 aliphatic rings. The highest BCUT2D eigenvalue weighted by Crippen LogP contribution is 2.53. The van der Waals surface area contributed by atoms with Gasteiger partial charge in [0.05, 0.1) is 11.8 Å². The van der Waals surface area contributed by atoms with Crippen LogP contribution in [0.2, 0.25) is 0 Å². The average Bonchev–Trinajstić information content (AvgIpc) is 3.52. The first kappa shape index (κ1) is 22.5. The lowest BCUT2D eigenvalue weighted by atomic mass is 9.85. The standard InChI is InChI=1S/C26H23BrN2O5/c27-18-8-10-19(11-9-18)28-21(30)14-34-26(33)20(12-15-4-2-1-3-5-15)29-24(31)22-16-6-7-17(13-16)23(22)25(29)32/h1-11,16-17,20,22-23H,12-14H2,(H,28,30)/t16-,17-,20-,22-,23-/m0/s1. The number of rotatable bonds is 7. The number of esters is 1. The Morgan fingerprint density at radius 1 is 0.971 bits per heavy atom. The molecule has 2 aromatic carbocycles. The highest BCUT2D eigenvalue weighted by atomic mass is 79.9. The average molecular weight is 523 g/mol. The monoisotopic (exact) mass is 522 g/mol. The zero-order valence-electron chi connectivity index (χ0n) is 18.2. The summed E-state index contributed by atoms with van der Waals surface area (Å²) in [5.41, 5.74) is 1.35. The molecule has 0 aromatic heterocycles. The quantitative estimate of drug-likeness (QED) is 0.342. The van der Waals surface area contributed by atoms with Crippen molar-refractivity contribution >= 4 is 45.3 Å². The zero-order chi connectivity index (χ0) is 23.8. The van der Waals surface area contributed by atoms with Crippen LogP contribution in [-0.2, 0) is 30.3 Å². The molecule has 2 fully saturated rings. The van der Waals surface area contributed by atoms with Crippen LogP contribution in [0.4, 0.5) is 5.69 Å². The third-order valence-electron chi connectivity index (χ3n) is 6.83. The van der Waals surface area contributed by atoms with E-state index in [1.54, 1.807) is 24.3 Å². The fourth-order valence-electron chi connectivity index (χ4n) is 5.31. The Morgan fingerprint density at radius 2 is 1.59 bits per heavy atom. The number of hydrogen-bond acceptors (Lipinski definition) is 5. The van der Waals surface area contributed by atoms with Crippen molar-refractivity contribution in [2.45, 2.75) is 18.9 Å². The van der Waals surface area contributed by atoms with Crippen LogP contribution in [0.15, 0.2) is 71.2 Å². The number of carbonyl (C=O) groups is 4. The molecule has 34 heavy (non-hydrogen) atoms. The molecule has 5 atom stereocenters. The van der Waals surface area contributed by atoms with Gasteiger partial charge in [-0.2, -0.15) is 0 Å². The molecule has 5 rings (SSSR count). The fourth-order valence-corrected chi connectivity index (χ4v) is 5.58. The Hall–Kier alpha value is -3.26. The third kappa shape index (κ3) is 4.18. The minimum Gasteiger partial charge on any atom is -0.454 e. The number of allylic oxidation sites excluding steroid dienone is 2. The van der Waals surface area contributed by atoms with E-state index in [9.17, 15) is 19.2 Å². The van der Waals surface area contributed by atoms with Gasteiger partial charge in [0.15, 0.2) is 6.61 Å². The van der Waals surface area contributed by atoms with E-state index < -0.39 is 36.4 Å². The van der Waals surface area contributed by atoms with Crippen LogP contribution in [0.1, 0.15) is 12.0 Å². The first-order chi connectivity index (χ1) is 16.4. The molecule has 8 heteroatoms. The van der Waals surface area contributed by atoms with Crippen LogP contribution in [0.3, 0.4) is 0 Å². The number of likely N-dealkylation sites (tertiary alicyclic amines) is 1. The van der Waals surface area contributed by atoms with E-state index in [1.807, 2.05) is 42.5 Å². The first-order valence-electron chi connectivity index (χ1n) is 11.2. The van der Waals surface area contributed by atoms with Crippen LogP contribution in [0.25, 0.3) is 0 Å². The van der Waals surface area contributed by atoms with Gasteiger partial charge < -0.3 is 10.1 Å². The van der Waals surface area contributed by atoms with E-state index in [0.717, 1.165) is 21.4 Å². The highest BCUT2D eigenvalue weighted by Gasteiger charge is 2.61. The molecule has 1 saturated heterocycles. The number of anilines is 1. The van der Waals surface area contributed by atoms with E-state index in [1.165, 1.54) is 0 Å². The predicted molar refractivity (Wildman–Crippen MR) is 127 cm³/mol. The Morgan fingerprint density at radius 3 is 2.21 bits per heavy atom. The van der Waals surface area contributed by atoms with Gasteiger partial charge in [-0.25, -0.2) is 4.79 Å². The third-order valence-corrected chi connectivity index (χ3v) is 7.36. The molecule has 0 unspecified atom stereocenters. The molecule has 1 heterocycles. The number of benzene rings is 2. The summed E-state index contributed by atoms with van der Waals surface area (Å²) >= 11 is 3.33. The molecule has 7 nitrogen and oxygen atoms in total. The Kier molecular flexibility index (Phi) is 6.08. The lowest BCUT2D eigenvalue weighted by Gasteiger charge is -2.26. The first-order valence-corrected chi connectivity index (χ1v) is 12.0. The van der Waals surface area contributed by atoms with Crippen molar-refractivity contribution in [3.8, 4) is 0 Å². The van der Waals surface area contributed by atoms with Crippen molar-refractivity contribution in [1.29, 1.82) is 0 Å². The smallest absolute Gasteiger partial charge is 0.330 e. The molecule has 1 N–H and O–H groups in total. The largest absolute Gasteiger partial charge is 0.454 e. The maximum Gasteiger partial charge on any atom is 0.330 e. The molecule has 2 bridgehead atoms. The second-order valence-corrected chi connectivity index (χ2v) is 9.83. The number of hydrogen-bond donors (Lipinski definition) is 1. The summed E-state index contributed by atoms with van der Waals surface area (Å²) in [5.74, 6) is -2.64. The van der Waals surface area contributed by atoms with Gasteiger partial charge in [-0.05, 0) is 48.1 Å². The zero-order valence-corrected chi connectivity index (χ0v) is 19.8. The molecule has 1 aliphatic heterocycles. The van der Waals surface area contributed by atoms with Crippen molar-refractivity contribution in [3.63, 3.8) is 0 Å². The number of nitrogens with zero attached hydrogens (tertiary/aromatic N) is 1. The lowest BCUT2D eigenvalue weighted by molar-refractivity contribution is -0.160. The number of halogens is 1. The Labute approximate surface area is 205 Å². The molecule has 174 valence electrons. The number of fused-ring (bicyclic) bond motifs is 5. The van der Waals surface area contributed by atoms with Crippen molar-refractivity contribution in [1.82, 2.24) is 4.90 Å². The van der Waals surface area contributed by atoms with Gasteiger partial charge in [0.1, 0.15) is 6.04 Å². The molecular weight excluding hydrogens is 500 g/mol. The summed E-state index contributed by atoms with van der Waals surface area (Å²) in [7, 11) is 0. The van der Waals surface area contributed by atoms with Crippen LogP contribution < -0.4 is 5.32 Å². The maximum atomic E-state index is 13.3. The minimum absolute atomic E-state index is 0.0431. The molecule has 2 aliphatic carbocycles. The van der Waals surface area contributed by atoms with Crippen LogP contribution >= 0.6 is 15.9 Å². The summed E-state index contributed by atoms with van der Waals surface area (Å²) in [6.07, 6.45) is 4.97. The van der Waals surface area contributed by atoms with E-state index >= 15 is 0 Å². The summed E-state index contributed by atoms with van der Waals surface area (Å²) < 4.78 is 6.18. The Bertz CT molecular complexity index is 1130. The van der Waals surface area contributed by atoms with Gasteiger partial charge in [-0.1, -0.05) is 58.4 Å². The van der Waals surface area contributed by atoms with Crippen molar-refractivity contribution in [3.05, 3.63) is 76.8 Å². The molecule has 0 radical (unpaired) electrons. The SMILES string of the molecule is O=C(COC(=O)[C@H](Cc1ccccc1)N1C(=O)[C@@H]2[C@@H](C1=O)[C@H]1C=C[C@H]2C1)Nc1ccc(Br)cc1. The Balaban J connectivity index is 1.31. The number of imide groups is 1. The molecule has 1 saturated carbocycles. The molecule has 2 aromatic rings. The van der Waals surface area contributed by atoms with Gasteiger partial charge in [-0.15, -0.1) is 0 Å². The summed E-state index contributed by atoms with van der Waals surface area (Å²) in [5, 5.41) is 2.66. The lowest BCUT2D eigenvalue weighted by Crippen LogP contribution is -2.48. The summed E-state index contributed by atoms with van der Waals surface area (Å²) in [6, 6.07) is 15.0. The second-order valence-electron chi connectivity index (χ2n) is 8.91. The van der Waals surface area contributed by atoms with E-state index in [-0.39, 0.29) is 30.1 Å². The van der Waals surface area contributed by atoms with Crippen molar-refractivity contribution in [2.75, 3.05) is 11.9 Å². The van der Waals surface area contributed by atoms with Gasteiger partial charge in [-0.3, -0.25) is 19.3 Å². The fraction of sp³-hybridized carbons (Fsp3) is 0.308. The number of amides is 3. The highest BCUT2D eigenvalue weighted by molar-refractivity contribution is 9.10. The summed E-state index contributed by atoms with van der Waals surface area (Å²) in [4.78, 5) is 53.2. The van der Waals surface area contributed by atoms with Gasteiger partial charge in [0, 0.05) is 16.6 Å². The number of ether oxygens (including phenoxy) is 1. The van der Waals surface area contributed by atoms with Crippen LogP contribution in [0.5, 0.6) is 0 Å². The number of nitrogens with one attached hydrogen (secondary N) is 1. The van der Waals surface area contributed by atoms with Crippen molar-refractivity contribution in [2.24, 2.45) is 23.7 Å². The van der Waals surface area contributed by atoms with Gasteiger partial charge >= 0.3 is 5.97 Å². The van der Waals surface area contributed by atoms with Crippen LogP contribution in [-0.4, -0.2) is 41.2 Å². The van der Waals surface area contributed by atoms with Crippen LogP contribution in [0, 0.1) is 23.7 Å². The van der Waals surface area contributed by atoms with E-state index in [0.29, 0.717) is 5.69 Å². The topological polar surface area (TPSA) is 92.8 Å². The van der Waals surface area contributed by atoms with Gasteiger partial charge in [0.2, 0.25) is 11.8 Å². The minimum atomic E-state index is -1.12.